The molecule has 1 atom stereocenters. The van der Waals surface area contributed by atoms with Gasteiger partial charge < -0.3 is 15.4 Å². The van der Waals surface area contributed by atoms with Crippen molar-refractivity contribution in [2.75, 3.05) is 30.5 Å². The molecule has 27 heavy (non-hydrogen) atoms. The second-order valence-corrected chi connectivity index (χ2v) is 8.76. The van der Waals surface area contributed by atoms with Crippen LogP contribution in [0.5, 0.6) is 5.75 Å². The van der Waals surface area contributed by atoms with Crippen LogP contribution < -0.4 is 15.4 Å². The van der Waals surface area contributed by atoms with E-state index in [1.807, 2.05) is 24.3 Å². The average molecular weight is 389 g/mol. The van der Waals surface area contributed by atoms with Crippen LogP contribution in [0, 0.1) is 0 Å². The first-order valence-corrected chi connectivity index (χ1v) is 10.6. The van der Waals surface area contributed by atoms with Gasteiger partial charge in [0.2, 0.25) is 0 Å². The number of carbonyl (C=O) groups is 1. The molecule has 1 saturated heterocycles. The molecule has 8 heteroatoms. The van der Waals surface area contributed by atoms with Crippen molar-refractivity contribution in [3.63, 3.8) is 0 Å². The number of hydrogen-bond donors (Lipinski definition) is 2. The van der Waals surface area contributed by atoms with Crippen molar-refractivity contribution in [1.82, 2.24) is 10.3 Å². The molecule has 1 aliphatic heterocycles. The predicted molar refractivity (Wildman–Crippen MR) is 104 cm³/mol. The maximum atomic E-state index is 12.2. The molecular formula is C19H23N3O4S. The molecule has 7 nitrogen and oxygen atoms in total. The van der Waals surface area contributed by atoms with Gasteiger partial charge in [0, 0.05) is 18.8 Å². The lowest BCUT2D eigenvalue weighted by atomic mass is 10.1. The first-order valence-electron chi connectivity index (χ1n) is 8.79. The molecule has 1 fully saturated rings. The normalized spacial score (nSPS) is 18.0. The van der Waals surface area contributed by atoms with Crippen molar-refractivity contribution in [3.8, 4) is 5.75 Å². The Morgan fingerprint density at radius 1 is 1.22 bits per heavy atom. The van der Waals surface area contributed by atoms with Gasteiger partial charge in [-0.3, -0.25) is 4.79 Å². The fourth-order valence-electron chi connectivity index (χ4n) is 2.95. The Morgan fingerprint density at radius 3 is 2.59 bits per heavy atom. The van der Waals surface area contributed by atoms with E-state index in [1.54, 1.807) is 19.2 Å². The molecule has 2 heterocycles. The van der Waals surface area contributed by atoms with Gasteiger partial charge in [0.25, 0.3) is 5.91 Å². The smallest absolute Gasteiger partial charge is 0.252 e. The van der Waals surface area contributed by atoms with Gasteiger partial charge in [0.1, 0.15) is 11.6 Å². The fourth-order valence-corrected chi connectivity index (χ4v) is 4.62. The third-order valence-corrected chi connectivity index (χ3v) is 6.24. The van der Waals surface area contributed by atoms with E-state index in [0.29, 0.717) is 24.3 Å². The Balaban J connectivity index is 1.47. The molecule has 1 unspecified atom stereocenters. The molecule has 2 N–H and O–H groups in total. The molecule has 2 aromatic rings. The van der Waals surface area contributed by atoms with Gasteiger partial charge in [-0.25, -0.2) is 13.4 Å². The Hall–Kier alpha value is -2.61. The van der Waals surface area contributed by atoms with Gasteiger partial charge in [-0.15, -0.1) is 0 Å². The quantitative estimate of drug-likeness (QED) is 0.748. The van der Waals surface area contributed by atoms with Crippen molar-refractivity contribution >= 4 is 21.6 Å². The summed E-state index contributed by atoms with van der Waals surface area (Å²) in [5.74, 6) is 1.53. The number of amides is 1. The van der Waals surface area contributed by atoms with E-state index in [-0.39, 0.29) is 23.5 Å². The summed E-state index contributed by atoms with van der Waals surface area (Å²) in [4.78, 5) is 16.4. The van der Waals surface area contributed by atoms with E-state index in [2.05, 4.69) is 15.6 Å². The van der Waals surface area contributed by atoms with Crippen LogP contribution in [0.1, 0.15) is 22.3 Å². The van der Waals surface area contributed by atoms with Crippen molar-refractivity contribution in [1.29, 1.82) is 0 Å². The molecule has 0 radical (unpaired) electrons. The summed E-state index contributed by atoms with van der Waals surface area (Å²) < 4.78 is 28.1. The number of aromatic nitrogens is 1. The van der Waals surface area contributed by atoms with Crippen molar-refractivity contribution in [3.05, 3.63) is 53.7 Å². The lowest BCUT2D eigenvalue weighted by molar-refractivity contribution is 0.0954. The van der Waals surface area contributed by atoms with E-state index < -0.39 is 9.84 Å². The minimum Gasteiger partial charge on any atom is -0.497 e. The summed E-state index contributed by atoms with van der Waals surface area (Å²) in [7, 11) is -1.31. The second kappa shape index (κ2) is 8.39. The summed E-state index contributed by atoms with van der Waals surface area (Å²) >= 11 is 0. The molecular weight excluding hydrogens is 366 g/mol. The Labute approximate surface area is 159 Å². The number of nitrogens with zero attached hydrogens (tertiary/aromatic N) is 1. The SMILES string of the molecule is COc1ccc(CCNC(=O)c2ccc(NC3CCS(=O)(=O)C3)nc2)cc1. The Kier molecular flexibility index (Phi) is 5.95. The first-order chi connectivity index (χ1) is 12.9. The van der Waals surface area contributed by atoms with E-state index in [9.17, 15) is 13.2 Å². The van der Waals surface area contributed by atoms with Gasteiger partial charge in [0.15, 0.2) is 9.84 Å². The number of ether oxygens (including phenoxy) is 1. The molecule has 1 aromatic carbocycles. The number of rotatable bonds is 7. The number of anilines is 1. The number of hydrogen-bond acceptors (Lipinski definition) is 6. The predicted octanol–water partition coefficient (Wildman–Crippen LogP) is 1.66. The van der Waals surface area contributed by atoms with Gasteiger partial charge in [-0.1, -0.05) is 12.1 Å². The van der Waals surface area contributed by atoms with E-state index in [0.717, 1.165) is 17.7 Å². The minimum absolute atomic E-state index is 0.119. The van der Waals surface area contributed by atoms with Crippen LogP contribution in [0.3, 0.4) is 0 Å². The summed E-state index contributed by atoms with van der Waals surface area (Å²) in [5, 5.41) is 5.97. The van der Waals surface area contributed by atoms with Gasteiger partial charge in [-0.2, -0.15) is 0 Å². The minimum atomic E-state index is -2.94. The summed E-state index contributed by atoms with van der Waals surface area (Å²) in [6.07, 6.45) is 2.80. The number of methoxy groups -OCH3 is 1. The monoisotopic (exact) mass is 389 g/mol. The highest BCUT2D eigenvalue weighted by Gasteiger charge is 2.27. The van der Waals surface area contributed by atoms with Crippen molar-refractivity contribution < 1.29 is 17.9 Å². The maximum absolute atomic E-state index is 12.2. The average Bonchev–Trinajstić information content (AvgIpc) is 3.01. The van der Waals surface area contributed by atoms with Crippen LogP contribution in [-0.2, 0) is 16.3 Å². The number of benzene rings is 1. The summed E-state index contributed by atoms with van der Waals surface area (Å²) in [6, 6.07) is 11.0. The van der Waals surface area contributed by atoms with Crippen LogP contribution >= 0.6 is 0 Å². The van der Waals surface area contributed by atoms with E-state index in [4.69, 9.17) is 4.74 Å². The summed E-state index contributed by atoms with van der Waals surface area (Å²) in [5.41, 5.74) is 1.58. The zero-order valence-electron chi connectivity index (χ0n) is 15.1. The van der Waals surface area contributed by atoms with Crippen molar-refractivity contribution in [2.45, 2.75) is 18.9 Å². The lowest BCUT2D eigenvalue weighted by Crippen LogP contribution is -2.26. The molecule has 0 aliphatic carbocycles. The van der Waals surface area contributed by atoms with Gasteiger partial charge >= 0.3 is 0 Å². The number of nitrogens with one attached hydrogen (secondary N) is 2. The molecule has 144 valence electrons. The second-order valence-electron chi connectivity index (χ2n) is 6.53. The molecule has 0 saturated carbocycles. The van der Waals surface area contributed by atoms with Crippen LogP contribution in [0.4, 0.5) is 5.82 Å². The molecule has 0 spiro atoms. The maximum Gasteiger partial charge on any atom is 0.252 e. The third-order valence-electron chi connectivity index (χ3n) is 4.47. The van der Waals surface area contributed by atoms with Crippen LogP contribution in [-0.4, -0.2) is 50.5 Å². The zero-order chi connectivity index (χ0) is 19.3. The molecule has 3 rings (SSSR count). The first kappa shape index (κ1) is 19.2. The summed E-state index contributed by atoms with van der Waals surface area (Å²) in [6.45, 7) is 0.519. The highest BCUT2D eigenvalue weighted by Crippen LogP contribution is 2.16. The van der Waals surface area contributed by atoms with Gasteiger partial charge in [0.05, 0.1) is 24.2 Å². The number of sulfone groups is 1. The Bertz CT molecular complexity index is 880. The van der Waals surface area contributed by atoms with Gasteiger partial charge in [-0.05, 0) is 42.7 Å². The third kappa shape index (κ3) is 5.43. The molecule has 0 bridgehead atoms. The molecule has 1 aromatic heterocycles. The number of carbonyl (C=O) groups excluding carboxylic acids is 1. The van der Waals surface area contributed by atoms with Crippen LogP contribution in [0.15, 0.2) is 42.6 Å². The lowest BCUT2D eigenvalue weighted by Gasteiger charge is -2.11. The zero-order valence-corrected chi connectivity index (χ0v) is 16.0. The Morgan fingerprint density at radius 2 is 2.00 bits per heavy atom. The standard InChI is InChI=1S/C19H23N3O4S/c1-26-17-5-2-14(3-6-17)8-10-20-19(23)15-4-7-18(21-12-15)22-16-9-11-27(24,25)13-16/h2-7,12,16H,8-11,13H2,1H3,(H,20,23)(H,21,22). The molecule has 1 aliphatic rings. The highest BCUT2D eigenvalue weighted by atomic mass is 32.2. The van der Waals surface area contributed by atoms with E-state index >= 15 is 0 Å². The fraction of sp³-hybridized carbons (Fsp3) is 0.368. The number of pyridine rings is 1. The van der Waals surface area contributed by atoms with E-state index in [1.165, 1.54) is 6.20 Å². The highest BCUT2D eigenvalue weighted by molar-refractivity contribution is 7.91. The van der Waals surface area contributed by atoms with Crippen LogP contribution in [0.2, 0.25) is 0 Å². The topological polar surface area (TPSA) is 97.4 Å². The van der Waals surface area contributed by atoms with Crippen LogP contribution in [0.25, 0.3) is 0 Å². The molecule has 1 amide bonds. The van der Waals surface area contributed by atoms with Crippen molar-refractivity contribution in [2.24, 2.45) is 0 Å². The largest absolute Gasteiger partial charge is 0.497 e.